The van der Waals surface area contributed by atoms with E-state index in [1.807, 2.05) is 47.8 Å². The van der Waals surface area contributed by atoms with Crippen LogP contribution < -0.4 is 5.32 Å². The first-order valence-electron chi connectivity index (χ1n) is 10.7. The van der Waals surface area contributed by atoms with Crippen LogP contribution in [-0.4, -0.2) is 25.1 Å². The minimum Gasteiger partial charge on any atom is -0.298 e. The van der Waals surface area contributed by atoms with E-state index in [9.17, 15) is 18.0 Å². The number of hydrogen-bond acceptors (Lipinski definition) is 6. The summed E-state index contributed by atoms with van der Waals surface area (Å²) in [5.74, 6) is -0.883. The summed E-state index contributed by atoms with van der Waals surface area (Å²) in [6.45, 7) is 0. The highest BCUT2D eigenvalue weighted by atomic mass is 32.2. The standard InChI is InChI=1S/C27H16N2O4S2/c30-25-20-7-3-4-8-23(20)35(32,33)24-14-19(11-12-21(24)25)26(31)29-27-28-22(15-34-27)18-10-9-16-5-1-2-6-17(16)13-18/h1-15H,(H,28,29,31). The van der Waals surface area contributed by atoms with Crippen molar-refractivity contribution in [3.63, 3.8) is 0 Å². The molecule has 8 heteroatoms. The van der Waals surface area contributed by atoms with Crippen molar-refractivity contribution in [2.45, 2.75) is 9.79 Å². The van der Waals surface area contributed by atoms with Gasteiger partial charge < -0.3 is 0 Å². The second kappa shape index (κ2) is 7.97. The van der Waals surface area contributed by atoms with Gasteiger partial charge in [0.2, 0.25) is 9.84 Å². The van der Waals surface area contributed by atoms with Crippen LogP contribution >= 0.6 is 11.3 Å². The number of thiazole rings is 1. The van der Waals surface area contributed by atoms with E-state index in [0.717, 1.165) is 22.0 Å². The number of hydrogen-bond donors (Lipinski definition) is 1. The molecule has 1 aliphatic rings. The Morgan fingerprint density at radius 3 is 2.40 bits per heavy atom. The molecule has 0 aliphatic carbocycles. The summed E-state index contributed by atoms with van der Waals surface area (Å²) in [5, 5.41) is 7.20. The number of rotatable bonds is 3. The first-order valence-corrected chi connectivity index (χ1v) is 13.1. The Kier molecular flexibility index (Phi) is 4.87. The molecule has 1 aliphatic heterocycles. The molecule has 5 aromatic rings. The molecule has 4 aromatic carbocycles. The number of nitrogens with zero attached hydrogens (tertiary/aromatic N) is 1. The Hall–Kier alpha value is -4.14. The lowest BCUT2D eigenvalue weighted by Crippen LogP contribution is -2.21. The van der Waals surface area contributed by atoms with Crippen LogP contribution in [0.5, 0.6) is 0 Å². The third-order valence-electron chi connectivity index (χ3n) is 5.97. The molecule has 6 rings (SSSR count). The van der Waals surface area contributed by atoms with Crippen LogP contribution in [0.1, 0.15) is 26.3 Å². The summed E-state index contributed by atoms with van der Waals surface area (Å²) in [6, 6.07) is 24.3. The molecule has 0 saturated carbocycles. The molecule has 1 amide bonds. The van der Waals surface area contributed by atoms with Crippen molar-refractivity contribution in [2.75, 3.05) is 5.32 Å². The summed E-state index contributed by atoms with van der Waals surface area (Å²) in [6.07, 6.45) is 0. The number of aromatic nitrogens is 1. The van der Waals surface area contributed by atoms with Crippen molar-refractivity contribution in [1.82, 2.24) is 4.98 Å². The molecule has 0 radical (unpaired) electrons. The predicted octanol–water partition coefficient (Wildman–Crippen LogP) is 5.59. The van der Waals surface area contributed by atoms with Crippen molar-refractivity contribution >= 4 is 48.8 Å². The van der Waals surface area contributed by atoms with E-state index < -0.39 is 15.7 Å². The van der Waals surface area contributed by atoms with Crippen molar-refractivity contribution < 1.29 is 18.0 Å². The number of benzene rings is 4. The lowest BCUT2D eigenvalue weighted by Gasteiger charge is -2.19. The van der Waals surface area contributed by atoms with Crippen LogP contribution in [0.25, 0.3) is 22.0 Å². The number of ketones is 1. The fraction of sp³-hybridized carbons (Fsp3) is 0. The van der Waals surface area contributed by atoms with Crippen LogP contribution in [0.3, 0.4) is 0 Å². The SMILES string of the molecule is O=C(Nc1nc(-c2ccc3ccccc3c2)cs1)c1ccc2c(c1)S(=O)(=O)c1ccccc1C2=O. The van der Waals surface area contributed by atoms with Gasteiger partial charge in [-0.2, -0.15) is 0 Å². The van der Waals surface area contributed by atoms with E-state index in [2.05, 4.69) is 10.3 Å². The molecule has 1 aromatic heterocycles. The highest BCUT2D eigenvalue weighted by Gasteiger charge is 2.35. The van der Waals surface area contributed by atoms with Crippen LogP contribution in [-0.2, 0) is 9.84 Å². The fourth-order valence-corrected chi connectivity index (χ4v) is 6.60. The molecule has 1 N–H and O–H groups in total. The number of fused-ring (bicyclic) bond motifs is 3. The Bertz CT molecular complexity index is 1790. The first kappa shape index (κ1) is 21.4. The number of nitrogens with one attached hydrogen (secondary N) is 1. The van der Waals surface area contributed by atoms with Gasteiger partial charge in [-0.3, -0.25) is 14.9 Å². The van der Waals surface area contributed by atoms with E-state index >= 15 is 0 Å². The smallest absolute Gasteiger partial charge is 0.257 e. The molecule has 0 atom stereocenters. The molecule has 35 heavy (non-hydrogen) atoms. The van der Waals surface area contributed by atoms with E-state index in [1.54, 1.807) is 12.1 Å². The predicted molar refractivity (Wildman–Crippen MR) is 135 cm³/mol. The average Bonchev–Trinajstić information content (AvgIpc) is 3.35. The van der Waals surface area contributed by atoms with Gasteiger partial charge in [-0.1, -0.05) is 48.5 Å². The average molecular weight is 497 g/mol. The Labute approximate surface area is 204 Å². The van der Waals surface area contributed by atoms with Gasteiger partial charge >= 0.3 is 0 Å². The Morgan fingerprint density at radius 2 is 1.54 bits per heavy atom. The molecule has 6 nitrogen and oxygen atoms in total. The second-order valence-corrected chi connectivity index (χ2v) is 10.8. The maximum Gasteiger partial charge on any atom is 0.257 e. The highest BCUT2D eigenvalue weighted by Crippen LogP contribution is 2.35. The number of anilines is 1. The third kappa shape index (κ3) is 3.54. The summed E-state index contributed by atoms with van der Waals surface area (Å²) in [5.41, 5.74) is 1.99. The van der Waals surface area contributed by atoms with Crippen LogP contribution in [0.15, 0.2) is 100 Å². The summed E-state index contributed by atoms with van der Waals surface area (Å²) in [4.78, 5) is 30.1. The van der Waals surface area contributed by atoms with Crippen molar-refractivity contribution in [2.24, 2.45) is 0 Å². The van der Waals surface area contributed by atoms with Gasteiger partial charge in [-0.25, -0.2) is 13.4 Å². The molecular weight excluding hydrogens is 480 g/mol. The molecule has 0 bridgehead atoms. The van der Waals surface area contributed by atoms with Gasteiger partial charge in [0.15, 0.2) is 10.9 Å². The maximum absolute atomic E-state index is 13.1. The van der Waals surface area contributed by atoms with Gasteiger partial charge in [0.1, 0.15) is 0 Å². The largest absolute Gasteiger partial charge is 0.298 e. The van der Waals surface area contributed by atoms with E-state index in [0.29, 0.717) is 5.13 Å². The third-order valence-corrected chi connectivity index (χ3v) is 8.58. The number of amides is 1. The minimum atomic E-state index is -3.93. The molecule has 0 unspecified atom stereocenters. The zero-order valence-corrected chi connectivity index (χ0v) is 19.7. The zero-order valence-electron chi connectivity index (χ0n) is 18.1. The summed E-state index contributed by atoms with van der Waals surface area (Å²) < 4.78 is 26.3. The molecule has 170 valence electrons. The van der Waals surface area contributed by atoms with E-state index in [1.165, 1.54) is 41.7 Å². The monoisotopic (exact) mass is 496 g/mol. The van der Waals surface area contributed by atoms with Crippen LogP contribution in [0.4, 0.5) is 5.13 Å². The first-order chi connectivity index (χ1) is 16.9. The zero-order chi connectivity index (χ0) is 24.2. The van der Waals surface area contributed by atoms with Gasteiger partial charge in [-0.15, -0.1) is 11.3 Å². The molecule has 0 fully saturated rings. The molecule has 0 saturated heterocycles. The van der Waals surface area contributed by atoms with E-state index in [-0.39, 0.29) is 32.3 Å². The molecular formula is C27H16N2O4S2. The Morgan fingerprint density at radius 1 is 0.800 bits per heavy atom. The lowest BCUT2D eigenvalue weighted by molar-refractivity contribution is 0.101. The number of sulfone groups is 1. The fourth-order valence-electron chi connectivity index (χ4n) is 4.21. The van der Waals surface area contributed by atoms with Crippen molar-refractivity contribution in [3.05, 3.63) is 107 Å². The number of carbonyl (C=O) groups is 2. The van der Waals surface area contributed by atoms with Crippen molar-refractivity contribution in [3.8, 4) is 11.3 Å². The number of carbonyl (C=O) groups excluding carboxylic acids is 2. The normalized spacial score (nSPS) is 13.8. The van der Waals surface area contributed by atoms with Gasteiger partial charge in [0, 0.05) is 27.6 Å². The van der Waals surface area contributed by atoms with Crippen LogP contribution in [0.2, 0.25) is 0 Å². The molecule has 2 heterocycles. The summed E-state index contributed by atoms with van der Waals surface area (Å²) >= 11 is 1.28. The topological polar surface area (TPSA) is 93.2 Å². The highest BCUT2D eigenvalue weighted by molar-refractivity contribution is 7.91. The maximum atomic E-state index is 13.1. The molecule has 0 spiro atoms. The van der Waals surface area contributed by atoms with Crippen LogP contribution in [0, 0.1) is 0 Å². The van der Waals surface area contributed by atoms with Gasteiger partial charge in [-0.05, 0) is 47.2 Å². The minimum absolute atomic E-state index is 0.0463. The Balaban J connectivity index is 1.29. The van der Waals surface area contributed by atoms with Crippen molar-refractivity contribution in [1.29, 1.82) is 0 Å². The second-order valence-electron chi connectivity index (χ2n) is 8.09. The van der Waals surface area contributed by atoms with E-state index in [4.69, 9.17) is 0 Å². The summed E-state index contributed by atoms with van der Waals surface area (Å²) in [7, 11) is -3.93. The quantitative estimate of drug-likeness (QED) is 0.345. The van der Waals surface area contributed by atoms with Gasteiger partial charge in [0.25, 0.3) is 5.91 Å². The van der Waals surface area contributed by atoms with Gasteiger partial charge in [0.05, 0.1) is 15.5 Å². The lowest BCUT2D eigenvalue weighted by atomic mass is 10.0.